The topological polar surface area (TPSA) is 30.7 Å². The first-order chi connectivity index (χ1) is 8.45. The van der Waals surface area contributed by atoms with Crippen molar-refractivity contribution in [1.82, 2.24) is 14.8 Å². The Morgan fingerprint density at radius 3 is 2.50 bits per heavy atom. The van der Waals surface area contributed by atoms with Gasteiger partial charge in [-0.05, 0) is 12.8 Å². The summed E-state index contributed by atoms with van der Waals surface area (Å²) in [6.45, 7) is 0. The van der Waals surface area contributed by atoms with E-state index in [1.165, 1.54) is 0 Å². The van der Waals surface area contributed by atoms with Gasteiger partial charge in [0.25, 0.3) is 0 Å². The van der Waals surface area contributed by atoms with Crippen molar-refractivity contribution in [2.45, 2.75) is 43.7 Å². The molecule has 0 spiro atoms. The van der Waals surface area contributed by atoms with Crippen molar-refractivity contribution >= 4 is 11.6 Å². The van der Waals surface area contributed by atoms with Crippen molar-refractivity contribution in [2.75, 3.05) is 0 Å². The van der Waals surface area contributed by atoms with Gasteiger partial charge in [0, 0.05) is 13.0 Å². The van der Waals surface area contributed by atoms with Crippen LogP contribution < -0.4 is 0 Å². The van der Waals surface area contributed by atoms with Crippen LogP contribution >= 0.6 is 11.6 Å². The van der Waals surface area contributed by atoms with Crippen molar-refractivity contribution in [3.05, 3.63) is 11.6 Å². The molecule has 1 heterocycles. The highest BCUT2D eigenvalue weighted by molar-refractivity contribution is 6.16. The summed E-state index contributed by atoms with van der Waals surface area (Å²) in [7, 11) is 1.68. The van der Waals surface area contributed by atoms with E-state index in [9.17, 15) is 13.2 Å². The Kier molecular flexibility index (Phi) is 3.84. The smallest absolute Gasteiger partial charge is 0.317 e. The van der Waals surface area contributed by atoms with Gasteiger partial charge < -0.3 is 4.57 Å². The molecule has 0 saturated heterocycles. The number of nitrogens with zero attached hydrogens (tertiary/aromatic N) is 3. The number of aromatic nitrogens is 3. The Morgan fingerprint density at radius 2 is 1.94 bits per heavy atom. The van der Waals surface area contributed by atoms with Crippen molar-refractivity contribution in [3.63, 3.8) is 0 Å². The third kappa shape index (κ3) is 2.48. The lowest BCUT2D eigenvalue weighted by atomic mass is 9.78. The maximum atomic E-state index is 13.0. The molecule has 1 aliphatic carbocycles. The second-order valence-electron chi connectivity index (χ2n) is 4.71. The number of alkyl halides is 4. The predicted molar refractivity (Wildman–Crippen MR) is 61.3 cm³/mol. The largest absolute Gasteiger partial charge is 0.392 e. The average molecular weight is 282 g/mol. The van der Waals surface area contributed by atoms with Crippen LogP contribution in [-0.2, 0) is 12.9 Å². The molecule has 0 aromatic carbocycles. The summed E-state index contributed by atoms with van der Waals surface area (Å²) in [5.41, 5.74) is 0. The molecule has 18 heavy (non-hydrogen) atoms. The fourth-order valence-corrected chi connectivity index (χ4v) is 2.88. The normalized spacial score (nSPS) is 25.4. The second-order valence-corrected chi connectivity index (χ2v) is 4.97. The molecule has 1 aromatic rings. The highest BCUT2D eigenvalue weighted by atomic mass is 35.5. The molecular weight excluding hydrogens is 267 g/mol. The molecule has 2 unspecified atom stereocenters. The fourth-order valence-electron chi connectivity index (χ4n) is 2.65. The molecule has 2 rings (SSSR count). The maximum absolute atomic E-state index is 13.0. The Hall–Kier alpha value is -0.780. The van der Waals surface area contributed by atoms with E-state index >= 15 is 0 Å². The molecule has 102 valence electrons. The minimum absolute atomic E-state index is 0.160. The third-order valence-corrected chi connectivity index (χ3v) is 3.88. The first-order valence-electron chi connectivity index (χ1n) is 5.96. The van der Waals surface area contributed by atoms with Gasteiger partial charge in [0.2, 0.25) is 0 Å². The van der Waals surface area contributed by atoms with E-state index in [0.29, 0.717) is 24.5 Å². The van der Waals surface area contributed by atoms with Crippen LogP contribution in [0.5, 0.6) is 0 Å². The molecule has 1 fully saturated rings. The molecule has 1 aromatic heterocycles. The van der Waals surface area contributed by atoms with Crippen LogP contribution in [0.1, 0.15) is 43.3 Å². The summed E-state index contributed by atoms with van der Waals surface area (Å²) in [5.74, 6) is -0.816. The van der Waals surface area contributed by atoms with Gasteiger partial charge in [-0.15, -0.1) is 21.8 Å². The molecule has 1 aliphatic rings. The van der Waals surface area contributed by atoms with E-state index in [4.69, 9.17) is 11.6 Å². The summed E-state index contributed by atoms with van der Waals surface area (Å²) in [5, 5.41) is 7.74. The van der Waals surface area contributed by atoms with E-state index in [1.807, 2.05) is 0 Å². The lowest BCUT2D eigenvalue weighted by Gasteiger charge is -2.32. The van der Waals surface area contributed by atoms with Gasteiger partial charge in [-0.3, -0.25) is 0 Å². The Morgan fingerprint density at radius 1 is 1.28 bits per heavy atom. The van der Waals surface area contributed by atoms with Crippen LogP contribution in [0, 0.1) is 5.92 Å². The van der Waals surface area contributed by atoms with E-state index < -0.39 is 18.0 Å². The van der Waals surface area contributed by atoms with Gasteiger partial charge in [-0.2, -0.15) is 13.2 Å². The lowest BCUT2D eigenvalue weighted by Crippen LogP contribution is -2.33. The molecule has 0 N–H and O–H groups in total. The van der Waals surface area contributed by atoms with Gasteiger partial charge in [0.15, 0.2) is 0 Å². The number of halogens is 4. The van der Waals surface area contributed by atoms with Gasteiger partial charge in [-0.1, -0.05) is 12.8 Å². The SMILES string of the molecule is Cn1c(CCl)nnc1C1CCCCC1C(F)(F)F. The van der Waals surface area contributed by atoms with Crippen LogP contribution in [0.25, 0.3) is 0 Å². The molecule has 0 radical (unpaired) electrons. The minimum Gasteiger partial charge on any atom is -0.317 e. The first kappa shape index (κ1) is 13.6. The van der Waals surface area contributed by atoms with Crippen molar-refractivity contribution in [1.29, 1.82) is 0 Å². The zero-order valence-electron chi connectivity index (χ0n) is 10.0. The summed E-state index contributed by atoms with van der Waals surface area (Å²) in [6, 6.07) is 0. The van der Waals surface area contributed by atoms with E-state index in [2.05, 4.69) is 10.2 Å². The van der Waals surface area contributed by atoms with Crippen molar-refractivity contribution < 1.29 is 13.2 Å². The number of hydrogen-bond donors (Lipinski definition) is 0. The molecule has 1 saturated carbocycles. The molecule has 7 heteroatoms. The molecule has 0 aliphatic heterocycles. The Balaban J connectivity index is 2.31. The van der Waals surface area contributed by atoms with Gasteiger partial charge in [-0.25, -0.2) is 0 Å². The molecular formula is C11H15ClF3N3. The van der Waals surface area contributed by atoms with Crippen LogP contribution in [0.15, 0.2) is 0 Å². The van der Waals surface area contributed by atoms with Crippen LogP contribution in [0.3, 0.4) is 0 Å². The Bertz CT molecular complexity index is 416. The van der Waals surface area contributed by atoms with Crippen molar-refractivity contribution in [2.24, 2.45) is 13.0 Å². The standard InChI is InChI=1S/C11H15ClF3N3/c1-18-9(6-12)16-17-10(18)7-4-2-3-5-8(7)11(13,14)15/h7-8H,2-6H2,1H3. The van der Waals surface area contributed by atoms with Gasteiger partial charge >= 0.3 is 6.18 Å². The van der Waals surface area contributed by atoms with E-state index in [-0.39, 0.29) is 12.3 Å². The monoisotopic (exact) mass is 281 g/mol. The van der Waals surface area contributed by atoms with E-state index in [1.54, 1.807) is 11.6 Å². The lowest BCUT2D eigenvalue weighted by molar-refractivity contribution is -0.188. The van der Waals surface area contributed by atoms with Gasteiger partial charge in [0.05, 0.1) is 11.8 Å². The van der Waals surface area contributed by atoms with Crippen LogP contribution in [-0.4, -0.2) is 20.9 Å². The molecule has 3 nitrogen and oxygen atoms in total. The summed E-state index contributed by atoms with van der Waals surface area (Å²) < 4.78 is 40.6. The molecule has 0 bridgehead atoms. The fraction of sp³-hybridized carbons (Fsp3) is 0.818. The minimum atomic E-state index is -4.17. The number of rotatable bonds is 2. The summed E-state index contributed by atoms with van der Waals surface area (Å²) >= 11 is 5.67. The van der Waals surface area contributed by atoms with Crippen molar-refractivity contribution in [3.8, 4) is 0 Å². The summed E-state index contributed by atoms with van der Waals surface area (Å²) in [4.78, 5) is 0. The van der Waals surface area contributed by atoms with E-state index in [0.717, 1.165) is 6.42 Å². The number of hydrogen-bond acceptors (Lipinski definition) is 2. The predicted octanol–water partition coefficient (Wildman–Crippen LogP) is 3.39. The van der Waals surface area contributed by atoms with Crippen LogP contribution in [0.4, 0.5) is 13.2 Å². The average Bonchev–Trinajstić information content (AvgIpc) is 2.69. The first-order valence-corrected chi connectivity index (χ1v) is 6.49. The molecule has 2 atom stereocenters. The van der Waals surface area contributed by atoms with Crippen LogP contribution in [0.2, 0.25) is 0 Å². The quantitative estimate of drug-likeness (QED) is 0.778. The van der Waals surface area contributed by atoms with Gasteiger partial charge in [0.1, 0.15) is 11.6 Å². The Labute approximate surface area is 108 Å². The third-order valence-electron chi connectivity index (χ3n) is 3.64. The highest BCUT2D eigenvalue weighted by Gasteiger charge is 2.47. The highest BCUT2D eigenvalue weighted by Crippen LogP contribution is 2.45. The zero-order chi connectivity index (χ0) is 13.3. The second kappa shape index (κ2) is 5.07. The molecule has 0 amide bonds. The maximum Gasteiger partial charge on any atom is 0.392 e. The zero-order valence-corrected chi connectivity index (χ0v) is 10.8. The summed E-state index contributed by atoms with van der Waals surface area (Å²) in [6.07, 6.45) is -2.05.